The van der Waals surface area contributed by atoms with Gasteiger partial charge in [-0.1, -0.05) is 13.8 Å². The van der Waals surface area contributed by atoms with Gasteiger partial charge in [0.05, 0.1) is 11.8 Å². The summed E-state index contributed by atoms with van der Waals surface area (Å²) in [6.45, 7) is 4.52. The SMILES string of the molecule is CC1(C)CCC(c2ccc(C(=O)N[C@@H]3C=CS(=O)(=O)C3)c(=O)[nH]2)CC1. The Bertz CT molecular complexity index is 857. The molecule has 0 unspecified atom stereocenters. The van der Waals surface area contributed by atoms with Crippen LogP contribution in [0, 0.1) is 5.41 Å². The summed E-state index contributed by atoms with van der Waals surface area (Å²) in [6.07, 6.45) is 5.72. The van der Waals surface area contributed by atoms with Crippen LogP contribution in [0.25, 0.3) is 0 Å². The van der Waals surface area contributed by atoms with Gasteiger partial charge < -0.3 is 10.3 Å². The molecule has 3 rings (SSSR count). The summed E-state index contributed by atoms with van der Waals surface area (Å²) in [4.78, 5) is 27.4. The highest BCUT2D eigenvalue weighted by molar-refractivity contribution is 7.94. The van der Waals surface area contributed by atoms with Gasteiger partial charge >= 0.3 is 0 Å². The summed E-state index contributed by atoms with van der Waals surface area (Å²) in [5.74, 6) is -0.392. The summed E-state index contributed by atoms with van der Waals surface area (Å²) in [5, 5.41) is 3.67. The molecule has 2 N–H and O–H groups in total. The Morgan fingerprint density at radius 3 is 2.48 bits per heavy atom. The lowest BCUT2D eigenvalue weighted by atomic mass is 9.72. The Balaban J connectivity index is 1.69. The highest BCUT2D eigenvalue weighted by atomic mass is 32.2. The van der Waals surface area contributed by atoms with Crippen LogP contribution in [0.4, 0.5) is 0 Å². The number of aromatic amines is 1. The van der Waals surface area contributed by atoms with Crippen molar-refractivity contribution in [2.75, 3.05) is 5.75 Å². The Kier molecular flexibility index (Phi) is 4.62. The maximum atomic E-state index is 12.3. The highest BCUT2D eigenvalue weighted by Crippen LogP contribution is 2.41. The van der Waals surface area contributed by atoms with E-state index in [4.69, 9.17) is 0 Å². The van der Waals surface area contributed by atoms with E-state index in [0.29, 0.717) is 11.3 Å². The fraction of sp³-hybridized carbons (Fsp3) is 0.556. The molecule has 25 heavy (non-hydrogen) atoms. The molecule has 1 amide bonds. The number of pyridine rings is 1. The van der Waals surface area contributed by atoms with Crippen molar-refractivity contribution in [3.05, 3.63) is 45.2 Å². The largest absolute Gasteiger partial charge is 0.345 e. The van der Waals surface area contributed by atoms with Crippen LogP contribution in [0.2, 0.25) is 0 Å². The first-order valence-electron chi connectivity index (χ1n) is 8.60. The van der Waals surface area contributed by atoms with Gasteiger partial charge in [-0.3, -0.25) is 9.59 Å². The molecule has 1 fully saturated rings. The number of H-pyrrole nitrogens is 1. The van der Waals surface area contributed by atoms with Gasteiger partial charge in [0.25, 0.3) is 11.5 Å². The van der Waals surface area contributed by atoms with Crippen LogP contribution in [0.15, 0.2) is 28.4 Å². The first-order valence-corrected chi connectivity index (χ1v) is 10.3. The number of rotatable bonds is 3. The average Bonchev–Trinajstić information content (AvgIpc) is 2.85. The van der Waals surface area contributed by atoms with E-state index in [0.717, 1.165) is 36.8 Å². The second-order valence-electron chi connectivity index (χ2n) is 7.83. The molecule has 2 heterocycles. The molecule has 0 bridgehead atoms. The van der Waals surface area contributed by atoms with Gasteiger partial charge in [0.1, 0.15) is 5.56 Å². The molecular weight excluding hydrogens is 340 g/mol. The Morgan fingerprint density at radius 1 is 1.24 bits per heavy atom. The molecule has 6 nitrogen and oxygen atoms in total. The Labute approximate surface area is 147 Å². The fourth-order valence-corrected chi connectivity index (χ4v) is 4.76. The smallest absolute Gasteiger partial charge is 0.261 e. The van der Waals surface area contributed by atoms with Gasteiger partial charge in [0, 0.05) is 11.1 Å². The van der Waals surface area contributed by atoms with Gasteiger partial charge in [-0.15, -0.1) is 0 Å². The van der Waals surface area contributed by atoms with Crippen LogP contribution >= 0.6 is 0 Å². The molecule has 1 aliphatic heterocycles. The van der Waals surface area contributed by atoms with E-state index in [1.807, 2.05) is 0 Å². The maximum absolute atomic E-state index is 12.3. The zero-order valence-electron chi connectivity index (χ0n) is 14.5. The average molecular weight is 364 g/mol. The van der Waals surface area contributed by atoms with Crippen molar-refractivity contribution in [1.82, 2.24) is 10.3 Å². The molecule has 1 aliphatic carbocycles. The van der Waals surface area contributed by atoms with E-state index in [-0.39, 0.29) is 11.3 Å². The third-order valence-corrected chi connectivity index (χ3v) is 6.60. The zero-order chi connectivity index (χ0) is 18.2. The second kappa shape index (κ2) is 6.44. The maximum Gasteiger partial charge on any atom is 0.261 e. The number of amides is 1. The molecule has 0 saturated heterocycles. The van der Waals surface area contributed by atoms with Crippen molar-refractivity contribution >= 4 is 15.7 Å². The topological polar surface area (TPSA) is 96.1 Å². The molecule has 1 aromatic rings. The van der Waals surface area contributed by atoms with Gasteiger partial charge in [0.2, 0.25) is 0 Å². The number of carbonyl (C=O) groups is 1. The molecule has 2 aliphatic rings. The van der Waals surface area contributed by atoms with Crippen LogP contribution in [-0.2, 0) is 9.84 Å². The quantitative estimate of drug-likeness (QED) is 0.858. The molecule has 0 aromatic carbocycles. The van der Waals surface area contributed by atoms with E-state index in [1.54, 1.807) is 6.07 Å². The molecule has 1 atom stereocenters. The molecule has 7 heteroatoms. The van der Waals surface area contributed by atoms with Crippen molar-refractivity contribution in [2.24, 2.45) is 5.41 Å². The number of aromatic nitrogens is 1. The number of nitrogens with one attached hydrogen (secondary N) is 2. The zero-order valence-corrected chi connectivity index (χ0v) is 15.4. The van der Waals surface area contributed by atoms with Crippen LogP contribution in [0.5, 0.6) is 0 Å². The minimum absolute atomic E-state index is 0.0117. The number of sulfone groups is 1. The Morgan fingerprint density at radius 2 is 1.92 bits per heavy atom. The lowest BCUT2D eigenvalue weighted by Gasteiger charge is -2.34. The number of carbonyl (C=O) groups excluding carboxylic acids is 1. The Hall–Kier alpha value is -1.89. The minimum Gasteiger partial charge on any atom is -0.345 e. The third-order valence-electron chi connectivity index (χ3n) is 5.20. The molecule has 1 aromatic heterocycles. The first kappa shape index (κ1) is 17.9. The van der Waals surface area contributed by atoms with Crippen LogP contribution in [-0.4, -0.2) is 31.1 Å². The van der Waals surface area contributed by atoms with Gasteiger partial charge in [-0.2, -0.15) is 0 Å². The predicted octanol–water partition coefficient (Wildman–Crippen LogP) is 2.10. The van der Waals surface area contributed by atoms with E-state index in [2.05, 4.69) is 24.1 Å². The standard InChI is InChI=1S/C18H24N2O4S/c1-18(2)8-5-12(6-9-18)15-4-3-14(17(22)20-15)16(21)19-13-7-10-25(23,24)11-13/h3-4,7,10,12-13H,5-6,8-9,11H2,1-2H3,(H,19,21)(H,20,22)/t13-/m1/s1. The summed E-state index contributed by atoms with van der Waals surface area (Å²) >= 11 is 0. The molecule has 0 radical (unpaired) electrons. The third kappa shape index (κ3) is 4.21. The molecule has 136 valence electrons. The van der Waals surface area contributed by atoms with Crippen LogP contribution < -0.4 is 10.9 Å². The van der Waals surface area contributed by atoms with E-state index < -0.39 is 27.3 Å². The molecule has 0 spiro atoms. The lowest BCUT2D eigenvalue weighted by Crippen LogP contribution is -2.38. The molecular formula is C18H24N2O4S. The minimum atomic E-state index is -3.25. The number of hydrogen-bond acceptors (Lipinski definition) is 4. The van der Waals surface area contributed by atoms with E-state index in [1.165, 1.54) is 12.1 Å². The fourth-order valence-electron chi connectivity index (χ4n) is 3.53. The van der Waals surface area contributed by atoms with Crippen molar-refractivity contribution < 1.29 is 13.2 Å². The van der Waals surface area contributed by atoms with Crippen molar-refractivity contribution in [1.29, 1.82) is 0 Å². The first-order chi connectivity index (χ1) is 11.7. The van der Waals surface area contributed by atoms with Crippen LogP contribution in [0.3, 0.4) is 0 Å². The van der Waals surface area contributed by atoms with Gasteiger partial charge in [-0.25, -0.2) is 8.42 Å². The van der Waals surface area contributed by atoms with Gasteiger partial charge in [-0.05, 0) is 55.2 Å². The van der Waals surface area contributed by atoms with E-state index >= 15 is 0 Å². The molecule has 1 saturated carbocycles. The monoisotopic (exact) mass is 364 g/mol. The number of hydrogen-bond donors (Lipinski definition) is 2. The van der Waals surface area contributed by atoms with Crippen LogP contribution in [0.1, 0.15) is 61.5 Å². The summed E-state index contributed by atoms with van der Waals surface area (Å²) in [5.41, 5.74) is 0.814. The summed E-state index contributed by atoms with van der Waals surface area (Å²) in [6, 6.07) is 2.76. The summed E-state index contributed by atoms with van der Waals surface area (Å²) in [7, 11) is -3.25. The normalized spacial score (nSPS) is 25.0. The highest BCUT2D eigenvalue weighted by Gasteiger charge is 2.29. The summed E-state index contributed by atoms with van der Waals surface area (Å²) < 4.78 is 22.8. The van der Waals surface area contributed by atoms with Crippen molar-refractivity contribution in [2.45, 2.75) is 51.5 Å². The second-order valence-corrected chi connectivity index (χ2v) is 9.76. The van der Waals surface area contributed by atoms with Crippen molar-refractivity contribution in [3.8, 4) is 0 Å². The van der Waals surface area contributed by atoms with Crippen molar-refractivity contribution in [3.63, 3.8) is 0 Å². The predicted molar refractivity (Wildman–Crippen MR) is 96.2 cm³/mol. The van der Waals surface area contributed by atoms with Gasteiger partial charge in [0.15, 0.2) is 9.84 Å². The van der Waals surface area contributed by atoms with E-state index in [9.17, 15) is 18.0 Å². The lowest BCUT2D eigenvalue weighted by molar-refractivity contribution is 0.0946.